The molecule has 1 aliphatic heterocycles. The number of nitrogens with one attached hydrogen (secondary N) is 1. The molecule has 2 unspecified atom stereocenters. The van der Waals surface area contributed by atoms with E-state index in [1.54, 1.807) is 4.90 Å². The molecule has 1 heterocycles. The first-order valence-corrected chi connectivity index (χ1v) is 8.49. The van der Waals surface area contributed by atoms with Crippen molar-refractivity contribution in [3.63, 3.8) is 0 Å². The number of carbonyl (C=O) groups excluding carboxylic acids is 1. The number of hydrogen-bond acceptors (Lipinski definition) is 3. The summed E-state index contributed by atoms with van der Waals surface area (Å²) in [5, 5.41) is 12.7. The highest BCUT2D eigenvalue weighted by molar-refractivity contribution is 5.74. The van der Waals surface area contributed by atoms with Crippen molar-refractivity contribution in [3.8, 4) is 0 Å². The third-order valence-corrected chi connectivity index (χ3v) is 4.31. The Labute approximate surface area is 138 Å². The molecule has 2 atom stereocenters. The summed E-state index contributed by atoms with van der Waals surface area (Å²) in [6.07, 6.45) is 2.28. The topological polar surface area (TPSA) is 61.8 Å². The van der Waals surface area contributed by atoms with Crippen LogP contribution < -0.4 is 5.32 Å². The predicted octanol–water partition coefficient (Wildman–Crippen LogP) is 2.40. The maximum atomic E-state index is 12.0. The molecule has 2 N–H and O–H groups in total. The van der Waals surface area contributed by atoms with Crippen molar-refractivity contribution in [3.05, 3.63) is 35.9 Å². The van der Waals surface area contributed by atoms with Crippen molar-refractivity contribution in [2.75, 3.05) is 26.2 Å². The third kappa shape index (κ3) is 6.20. The summed E-state index contributed by atoms with van der Waals surface area (Å²) in [7, 11) is 0. The lowest BCUT2D eigenvalue weighted by Crippen LogP contribution is -2.49. The number of carbonyl (C=O) groups is 1. The molecular weight excluding hydrogens is 292 g/mol. The van der Waals surface area contributed by atoms with Crippen LogP contribution in [0.4, 0.5) is 4.79 Å². The van der Waals surface area contributed by atoms with Crippen molar-refractivity contribution >= 4 is 6.03 Å². The Balaban J connectivity index is 1.49. The first-order valence-electron chi connectivity index (χ1n) is 8.49. The van der Waals surface area contributed by atoms with Crippen LogP contribution in [0.2, 0.25) is 0 Å². The molecule has 23 heavy (non-hydrogen) atoms. The van der Waals surface area contributed by atoms with Crippen molar-refractivity contribution in [1.82, 2.24) is 10.2 Å². The van der Waals surface area contributed by atoms with Crippen molar-refractivity contribution in [2.24, 2.45) is 5.92 Å². The second-order valence-corrected chi connectivity index (χ2v) is 6.26. The predicted molar refractivity (Wildman–Crippen MR) is 90.1 cm³/mol. The number of aliphatic hydroxyl groups excluding tert-OH is 1. The number of β-amino-alcohol motifs (C(OH)–C–C–N with tert-alkyl or cyclic N) is 1. The largest absolute Gasteiger partial charge is 0.391 e. The number of rotatable bonds is 7. The molecule has 1 saturated heterocycles. The van der Waals surface area contributed by atoms with Gasteiger partial charge in [0.1, 0.15) is 0 Å². The molecule has 1 aromatic carbocycles. The van der Waals surface area contributed by atoms with Gasteiger partial charge in [-0.2, -0.15) is 0 Å². The molecule has 1 aliphatic rings. The Hall–Kier alpha value is -1.59. The fourth-order valence-corrected chi connectivity index (χ4v) is 2.63. The van der Waals surface area contributed by atoms with Gasteiger partial charge in [0.2, 0.25) is 0 Å². The standard InChI is InChI=1S/C18H28N2O3/c1-15-9-11-20(13-17(15)21)18(22)19-10-5-6-12-23-14-16-7-3-2-4-8-16/h2-4,7-8,15,17,21H,5-6,9-14H2,1H3,(H,19,22). The van der Waals surface area contributed by atoms with E-state index in [1.807, 2.05) is 37.3 Å². The highest BCUT2D eigenvalue weighted by atomic mass is 16.5. The smallest absolute Gasteiger partial charge is 0.317 e. The van der Waals surface area contributed by atoms with Gasteiger partial charge in [-0.05, 0) is 30.7 Å². The lowest BCUT2D eigenvalue weighted by atomic mass is 9.96. The van der Waals surface area contributed by atoms with Crippen molar-refractivity contribution in [2.45, 2.75) is 38.9 Å². The van der Waals surface area contributed by atoms with Crippen LogP contribution in [0.1, 0.15) is 31.7 Å². The van der Waals surface area contributed by atoms with E-state index in [0.29, 0.717) is 26.3 Å². The molecule has 0 saturated carbocycles. The SMILES string of the molecule is CC1CCN(C(=O)NCCCCOCc2ccccc2)CC1O. The summed E-state index contributed by atoms with van der Waals surface area (Å²) in [6, 6.07) is 10.0. The quantitative estimate of drug-likeness (QED) is 0.758. The number of aliphatic hydroxyl groups is 1. The summed E-state index contributed by atoms with van der Waals surface area (Å²) in [6.45, 7) is 5.17. The van der Waals surface area contributed by atoms with Crippen LogP contribution >= 0.6 is 0 Å². The zero-order chi connectivity index (χ0) is 16.5. The van der Waals surface area contributed by atoms with E-state index < -0.39 is 6.10 Å². The second kappa shape index (κ2) is 9.53. The monoisotopic (exact) mass is 320 g/mol. The van der Waals surface area contributed by atoms with Gasteiger partial charge in [-0.3, -0.25) is 0 Å². The van der Waals surface area contributed by atoms with Crippen LogP contribution in [0.3, 0.4) is 0 Å². The number of unbranched alkanes of at least 4 members (excludes halogenated alkanes) is 1. The van der Waals surface area contributed by atoms with Gasteiger partial charge in [-0.1, -0.05) is 37.3 Å². The molecule has 0 bridgehead atoms. The van der Waals surface area contributed by atoms with Crippen molar-refractivity contribution < 1.29 is 14.6 Å². The van der Waals surface area contributed by atoms with Crippen LogP contribution in [-0.4, -0.2) is 48.4 Å². The first kappa shape index (κ1) is 17.8. The molecule has 0 spiro atoms. The van der Waals surface area contributed by atoms with Crippen LogP contribution in [0.15, 0.2) is 30.3 Å². The van der Waals surface area contributed by atoms with Gasteiger partial charge >= 0.3 is 6.03 Å². The zero-order valence-corrected chi connectivity index (χ0v) is 13.9. The van der Waals surface area contributed by atoms with Gasteiger partial charge in [-0.15, -0.1) is 0 Å². The van der Waals surface area contributed by atoms with Crippen molar-refractivity contribution in [1.29, 1.82) is 0 Å². The Bertz CT molecular complexity index is 467. The van der Waals surface area contributed by atoms with Gasteiger partial charge in [0, 0.05) is 26.2 Å². The molecule has 5 nitrogen and oxygen atoms in total. The minimum absolute atomic E-state index is 0.0684. The molecule has 0 radical (unpaired) electrons. The number of nitrogens with zero attached hydrogens (tertiary/aromatic N) is 1. The maximum Gasteiger partial charge on any atom is 0.317 e. The number of likely N-dealkylation sites (tertiary alicyclic amines) is 1. The number of ether oxygens (including phenoxy) is 1. The molecule has 5 heteroatoms. The minimum atomic E-state index is -0.402. The molecule has 128 valence electrons. The maximum absolute atomic E-state index is 12.0. The summed E-state index contributed by atoms with van der Waals surface area (Å²) in [5.74, 6) is 0.279. The number of benzene rings is 1. The fourth-order valence-electron chi connectivity index (χ4n) is 2.63. The lowest BCUT2D eigenvalue weighted by molar-refractivity contribution is 0.0435. The molecule has 2 amide bonds. The molecular formula is C18H28N2O3. The Kier molecular flexibility index (Phi) is 7.36. The van der Waals surface area contributed by atoms with Gasteiger partial charge < -0.3 is 20.1 Å². The normalized spacial score (nSPS) is 21.2. The molecule has 1 fully saturated rings. The van der Waals surface area contributed by atoms with Gasteiger partial charge in [0.15, 0.2) is 0 Å². The fraction of sp³-hybridized carbons (Fsp3) is 0.611. The summed E-state index contributed by atoms with van der Waals surface area (Å²) in [5.41, 5.74) is 1.18. The number of urea groups is 1. The molecule has 0 aromatic heterocycles. The third-order valence-electron chi connectivity index (χ3n) is 4.31. The highest BCUT2D eigenvalue weighted by Gasteiger charge is 2.26. The Morgan fingerprint density at radius 3 is 2.87 bits per heavy atom. The second-order valence-electron chi connectivity index (χ2n) is 6.26. The van der Waals surface area contributed by atoms with Gasteiger partial charge in [-0.25, -0.2) is 4.79 Å². The van der Waals surface area contributed by atoms with E-state index in [0.717, 1.165) is 25.8 Å². The first-order chi connectivity index (χ1) is 11.2. The Morgan fingerprint density at radius 2 is 2.13 bits per heavy atom. The van der Waals surface area contributed by atoms with Gasteiger partial charge in [0.25, 0.3) is 0 Å². The van der Waals surface area contributed by atoms with Crippen LogP contribution in [-0.2, 0) is 11.3 Å². The van der Waals surface area contributed by atoms with E-state index in [4.69, 9.17) is 4.74 Å². The Morgan fingerprint density at radius 1 is 1.35 bits per heavy atom. The summed E-state index contributed by atoms with van der Waals surface area (Å²) in [4.78, 5) is 13.7. The molecule has 2 rings (SSSR count). The molecule has 0 aliphatic carbocycles. The summed E-state index contributed by atoms with van der Waals surface area (Å²) >= 11 is 0. The van der Waals surface area contributed by atoms with Gasteiger partial charge in [0.05, 0.1) is 12.7 Å². The number of piperidine rings is 1. The van der Waals surface area contributed by atoms with E-state index in [-0.39, 0.29) is 11.9 Å². The van der Waals surface area contributed by atoms with E-state index in [2.05, 4.69) is 5.32 Å². The highest BCUT2D eigenvalue weighted by Crippen LogP contribution is 2.16. The zero-order valence-electron chi connectivity index (χ0n) is 13.9. The van der Waals surface area contributed by atoms with Crippen LogP contribution in [0.25, 0.3) is 0 Å². The number of hydrogen-bond donors (Lipinski definition) is 2. The van der Waals surface area contributed by atoms with E-state index in [9.17, 15) is 9.90 Å². The summed E-state index contributed by atoms with van der Waals surface area (Å²) < 4.78 is 5.61. The van der Waals surface area contributed by atoms with E-state index >= 15 is 0 Å². The average molecular weight is 320 g/mol. The minimum Gasteiger partial charge on any atom is -0.391 e. The average Bonchev–Trinajstić information content (AvgIpc) is 2.57. The van der Waals surface area contributed by atoms with Crippen LogP contribution in [0.5, 0.6) is 0 Å². The van der Waals surface area contributed by atoms with Crippen LogP contribution in [0, 0.1) is 5.92 Å². The van der Waals surface area contributed by atoms with E-state index in [1.165, 1.54) is 5.56 Å². The molecule has 1 aromatic rings. The lowest BCUT2D eigenvalue weighted by Gasteiger charge is -2.34. The number of amides is 2.